The molecule has 2 aliphatic rings. The number of carbonyl (C=O) groups is 1. The quantitative estimate of drug-likeness (QED) is 0.716. The van der Waals surface area contributed by atoms with Crippen molar-refractivity contribution >= 4 is 37.8 Å². The third-order valence-corrected chi connectivity index (χ3v) is 4.70. The molecule has 4 nitrogen and oxygen atoms in total. The summed E-state index contributed by atoms with van der Waals surface area (Å²) in [6.07, 6.45) is 4.73. The molecule has 0 atom stereocenters. The zero-order valence-electron chi connectivity index (χ0n) is 11.6. The second-order valence-electron chi connectivity index (χ2n) is 5.67. The molecule has 1 amide bonds. The van der Waals surface area contributed by atoms with Crippen molar-refractivity contribution < 1.29 is 9.53 Å². The third kappa shape index (κ3) is 4.69. The predicted octanol–water partition coefficient (Wildman–Crippen LogP) is 3.12. The highest BCUT2D eigenvalue weighted by Gasteiger charge is 2.23. The lowest BCUT2D eigenvalue weighted by atomic mass is 10.2. The molecule has 0 heterocycles. The fraction of sp³-hybridized carbons (Fsp3) is 0.533. The first kappa shape index (κ1) is 15.3. The number of amides is 1. The van der Waals surface area contributed by atoms with Crippen LogP contribution in [0.1, 0.15) is 31.2 Å². The Morgan fingerprint density at radius 1 is 1.14 bits per heavy atom. The molecule has 114 valence electrons. The summed E-state index contributed by atoms with van der Waals surface area (Å²) in [6.45, 7) is 0.900. The minimum absolute atomic E-state index is 0.0490. The average molecular weight is 418 g/mol. The van der Waals surface area contributed by atoms with Crippen molar-refractivity contribution in [2.75, 3.05) is 6.61 Å². The number of hydrogen-bond acceptors (Lipinski definition) is 3. The predicted molar refractivity (Wildman–Crippen MR) is 88.4 cm³/mol. The van der Waals surface area contributed by atoms with Gasteiger partial charge in [-0.1, -0.05) is 0 Å². The maximum absolute atomic E-state index is 11.7. The van der Waals surface area contributed by atoms with E-state index in [1.54, 1.807) is 0 Å². The van der Waals surface area contributed by atoms with Crippen molar-refractivity contribution in [2.45, 2.75) is 44.3 Å². The number of halogens is 2. The van der Waals surface area contributed by atoms with Gasteiger partial charge in [0.15, 0.2) is 6.61 Å². The number of carbonyl (C=O) groups excluding carboxylic acids is 1. The Bertz CT molecular complexity index is 519. The molecule has 3 rings (SSSR count). The largest absolute Gasteiger partial charge is 0.481 e. The molecule has 0 radical (unpaired) electrons. The standard InChI is InChI=1S/C15H18Br2N2O2/c16-12-5-9(7-18-10-1-2-10)6-13(17)15(12)21-8-14(20)19-11-3-4-11/h5-6,10-11,18H,1-4,7-8H2,(H,19,20). The van der Waals surface area contributed by atoms with E-state index in [-0.39, 0.29) is 12.5 Å². The van der Waals surface area contributed by atoms with E-state index in [1.807, 2.05) is 12.1 Å². The second kappa shape index (κ2) is 6.67. The molecule has 1 aromatic carbocycles. The normalized spacial score (nSPS) is 17.6. The maximum Gasteiger partial charge on any atom is 0.258 e. The molecule has 2 aliphatic carbocycles. The van der Waals surface area contributed by atoms with Gasteiger partial charge in [-0.15, -0.1) is 0 Å². The van der Waals surface area contributed by atoms with Crippen molar-refractivity contribution in [3.63, 3.8) is 0 Å². The van der Waals surface area contributed by atoms with E-state index in [4.69, 9.17) is 4.74 Å². The number of ether oxygens (including phenoxy) is 1. The van der Waals surface area contributed by atoms with Crippen molar-refractivity contribution in [3.05, 3.63) is 26.6 Å². The molecule has 6 heteroatoms. The molecule has 0 aliphatic heterocycles. The lowest BCUT2D eigenvalue weighted by Gasteiger charge is -2.12. The molecule has 0 unspecified atom stereocenters. The highest BCUT2D eigenvalue weighted by molar-refractivity contribution is 9.11. The Kier molecular flexibility index (Phi) is 4.86. The first-order chi connectivity index (χ1) is 10.1. The van der Waals surface area contributed by atoms with Crippen LogP contribution in [0.15, 0.2) is 21.1 Å². The number of nitrogens with one attached hydrogen (secondary N) is 2. The topological polar surface area (TPSA) is 50.4 Å². The molecule has 1 aromatic rings. The second-order valence-corrected chi connectivity index (χ2v) is 7.38. The van der Waals surface area contributed by atoms with E-state index in [9.17, 15) is 4.79 Å². The van der Waals surface area contributed by atoms with Gasteiger partial charge in [0.05, 0.1) is 8.95 Å². The fourth-order valence-corrected chi connectivity index (χ4v) is 3.55. The lowest BCUT2D eigenvalue weighted by Crippen LogP contribution is -2.30. The molecular formula is C15H18Br2N2O2. The van der Waals surface area contributed by atoms with Crippen LogP contribution in [-0.2, 0) is 11.3 Å². The Labute approximate surface area is 141 Å². The Balaban J connectivity index is 1.56. The molecule has 0 aromatic heterocycles. The smallest absolute Gasteiger partial charge is 0.258 e. The average Bonchev–Trinajstić information content (AvgIpc) is 3.30. The van der Waals surface area contributed by atoms with E-state index in [0.717, 1.165) is 28.3 Å². The van der Waals surface area contributed by atoms with Crippen LogP contribution >= 0.6 is 31.9 Å². The molecule has 0 saturated heterocycles. The first-order valence-electron chi connectivity index (χ1n) is 7.25. The molecular weight excluding hydrogens is 400 g/mol. The van der Waals surface area contributed by atoms with Crippen LogP contribution in [0, 0.1) is 0 Å². The minimum atomic E-state index is -0.0595. The third-order valence-electron chi connectivity index (χ3n) is 3.52. The van der Waals surface area contributed by atoms with Crippen molar-refractivity contribution in [1.82, 2.24) is 10.6 Å². The van der Waals surface area contributed by atoms with Crippen molar-refractivity contribution in [2.24, 2.45) is 0 Å². The van der Waals surface area contributed by atoms with Gasteiger partial charge in [-0.25, -0.2) is 0 Å². The zero-order valence-corrected chi connectivity index (χ0v) is 14.8. The summed E-state index contributed by atoms with van der Waals surface area (Å²) in [5, 5.41) is 6.39. The number of benzene rings is 1. The zero-order chi connectivity index (χ0) is 14.8. The maximum atomic E-state index is 11.7. The van der Waals surface area contributed by atoms with Gasteiger partial charge in [0.1, 0.15) is 5.75 Å². The highest BCUT2D eigenvalue weighted by Crippen LogP contribution is 2.35. The summed E-state index contributed by atoms with van der Waals surface area (Å²) in [7, 11) is 0. The Hall–Kier alpha value is -0.590. The summed E-state index contributed by atoms with van der Waals surface area (Å²) in [4.78, 5) is 11.7. The van der Waals surface area contributed by atoms with Crippen LogP contribution in [0.5, 0.6) is 5.75 Å². The molecule has 0 spiro atoms. The van der Waals surface area contributed by atoms with Gasteiger partial charge in [-0.3, -0.25) is 4.79 Å². The summed E-state index contributed by atoms with van der Waals surface area (Å²) in [6, 6.07) is 5.12. The van der Waals surface area contributed by atoms with Crippen LogP contribution < -0.4 is 15.4 Å². The van der Waals surface area contributed by atoms with E-state index in [1.165, 1.54) is 18.4 Å². The van der Waals surface area contributed by atoms with Gasteiger partial charge >= 0.3 is 0 Å². The SMILES string of the molecule is O=C(COc1c(Br)cc(CNC2CC2)cc1Br)NC1CC1. The van der Waals surface area contributed by atoms with Crippen LogP contribution in [0.2, 0.25) is 0 Å². The molecule has 2 saturated carbocycles. The summed E-state index contributed by atoms with van der Waals surface area (Å²) < 4.78 is 7.35. The van der Waals surface area contributed by atoms with Crippen molar-refractivity contribution in [3.8, 4) is 5.75 Å². The van der Waals surface area contributed by atoms with E-state index in [0.29, 0.717) is 17.8 Å². The van der Waals surface area contributed by atoms with Crippen LogP contribution in [-0.4, -0.2) is 24.6 Å². The molecule has 2 fully saturated rings. The monoisotopic (exact) mass is 416 g/mol. The fourth-order valence-electron chi connectivity index (χ4n) is 2.04. The Morgan fingerprint density at radius 2 is 1.76 bits per heavy atom. The van der Waals surface area contributed by atoms with E-state index < -0.39 is 0 Å². The number of hydrogen-bond donors (Lipinski definition) is 2. The van der Waals surface area contributed by atoms with Gasteiger partial charge in [-0.05, 0) is 75.2 Å². The van der Waals surface area contributed by atoms with E-state index >= 15 is 0 Å². The molecule has 21 heavy (non-hydrogen) atoms. The summed E-state index contributed by atoms with van der Waals surface area (Å²) >= 11 is 7.04. The molecule has 2 N–H and O–H groups in total. The highest BCUT2D eigenvalue weighted by atomic mass is 79.9. The van der Waals surface area contributed by atoms with Gasteiger partial charge in [0.25, 0.3) is 5.91 Å². The minimum Gasteiger partial charge on any atom is -0.481 e. The summed E-state index contributed by atoms with van der Waals surface area (Å²) in [5.41, 5.74) is 1.19. The van der Waals surface area contributed by atoms with Crippen LogP contribution in [0.4, 0.5) is 0 Å². The van der Waals surface area contributed by atoms with E-state index in [2.05, 4.69) is 42.5 Å². The van der Waals surface area contributed by atoms with Crippen molar-refractivity contribution in [1.29, 1.82) is 0 Å². The Morgan fingerprint density at radius 3 is 2.33 bits per heavy atom. The van der Waals surface area contributed by atoms with Gasteiger partial charge < -0.3 is 15.4 Å². The van der Waals surface area contributed by atoms with Gasteiger partial charge in [0, 0.05) is 18.6 Å². The van der Waals surface area contributed by atoms with Gasteiger partial charge in [-0.2, -0.15) is 0 Å². The van der Waals surface area contributed by atoms with Crippen LogP contribution in [0.3, 0.4) is 0 Å². The molecule has 0 bridgehead atoms. The summed E-state index contributed by atoms with van der Waals surface area (Å²) in [5.74, 6) is 0.617. The lowest BCUT2D eigenvalue weighted by molar-refractivity contribution is -0.123. The van der Waals surface area contributed by atoms with Crippen LogP contribution in [0.25, 0.3) is 0 Å². The number of rotatable bonds is 7. The first-order valence-corrected chi connectivity index (χ1v) is 8.84. The van der Waals surface area contributed by atoms with Gasteiger partial charge in [0.2, 0.25) is 0 Å².